The van der Waals surface area contributed by atoms with E-state index in [0.29, 0.717) is 35.1 Å². The number of benzene rings is 1. The molecule has 0 saturated heterocycles. The molecule has 9 nitrogen and oxygen atoms in total. The Kier molecular flexibility index (Phi) is 11.4. The zero-order chi connectivity index (χ0) is 27.8. The third-order valence-corrected chi connectivity index (χ3v) is 7.52. The van der Waals surface area contributed by atoms with Gasteiger partial charge in [0.2, 0.25) is 11.4 Å². The molecule has 0 spiro atoms. The van der Waals surface area contributed by atoms with E-state index in [-0.39, 0.29) is 31.9 Å². The smallest absolute Gasteiger partial charge is 0.344 e. The lowest BCUT2D eigenvalue weighted by molar-refractivity contribution is -0.764. The Morgan fingerprint density at radius 2 is 1.76 bits per heavy atom. The van der Waals surface area contributed by atoms with Gasteiger partial charge in [0.25, 0.3) is 5.69 Å². The fourth-order valence-electron chi connectivity index (χ4n) is 4.79. The Balaban J connectivity index is 2.99. The van der Waals surface area contributed by atoms with Gasteiger partial charge in [-0.3, -0.25) is 15.0 Å². The van der Waals surface area contributed by atoms with Crippen LogP contribution in [0.3, 0.4) is 0 Å². The van der Waals surface area contributed by atoms with Crippen LogP contribution in [0, 0.1) is 10.1 Å². The zero-order valence-corrected chi connectivity index (χ0v) is 23.8. The van der Waals surface area contributed by atoms with Crippen molar-refractivity contribution < 1.29 is 33.7 Å². The Morgan fingerprint density at radius 1 is 1.14 bits per heavy atom. The number of methoxy groups -OCH3 is 1. The molecule has 0 fully saturated rings. The minimum Gasteiger partial charge on any atom is -0.465 e. The molecule has 3 atom stereocenters. The number of nitro groups is 1. The van der Waals surface area contributed by atoms with Crippen molar-refractivity contribution in [1.82, 2.24) is 0 Å². The molecule has 1 aromatic rings. The Hall–Kier alpha value is -2.61. The van der Waals surface area contributed by atoms with E-state index in [1.165, 1.54) is 19.2 Å². The quantitative estimate of drug-likeness (QED) is 0.111. The van der Waals surface area contributed by atoms with Gasteiger partial charge >= 0.3 is 5.97 Å². The minimum absolute atomic E-state index is 0.111. The summed E-state index contributed by atoms with van der Waals surface area (Å²) >= 11 is 0. The topological polar surface area (TPSA) is 111 Å². The van der Waals surface area contributed by atoms with E-state index in [9.17, 15) is 19.8 Å². The number of carbonyl (C=O) groups is 1. The van der Waals surface area contributed by atoms with Gasteiger partial charge in [-0.2, -0.15) is 0 Å². The molecule has 0 radical (unpaired) electrons. The lowest BCUT2D eigenvalue weighted by Crippen LogP contribution is -2.53. The van der Waals surface area contributed by atoms with Gasteiger partial charge in [0.05, 0.1) is 26.6 Å². The molecule has 37 heavy (non-hydrogen) atoms. The van der Waals surface area contributed by atoms with Crippen molar-refractivity contribution in [3.63, 3.8) is 0 Å². The van der Waals surface area contributed by atoms with Crippen molar-refractivity contribution in [1.29, 1.82) is 0 Å². The van der Waals surface area contributed by atoms with Crippen molar-refractivity contribution in [2.75, 3.05) is 7.11 Å². The second kappa shape index (κ2) is 13.8. The molecule has 1 aromatic carbocycles. The molecular weight excluding hydrogens is 495 g/mol. The summed E-state index contributed by atoms with van der Waals surface area (Å²) in [7, 11) is 1.12. The Labute approximate surface area is 221 Å². The number of hydrogen-bond donors (Lipinski definition) is 1. The van der Waals surface area contributed by atoms with Gasteiger partial charge in [-0.1, -0.05) is 52.7 Å². The van der Waals surface area contributed by atoms with Crippen LogP contribution in [-0.4, -0.2) is 50.8 Å². The predicted octanol–water partition coefficient (Wildman–Crippen LogP) is 5.86. The number of rotatable bonds is 13. The molecule has 204 valence electrons. The summed E-state index contributed by atoms with van der Waals surface area (Å²) in [6.45, 7) is 11.7. The Bertz CT molecular complexity index is 1080. The first-order valence-corrected chi connectivity index (χ1v) is 13.8. The van der Waals surface area contributed by atoms with Crippen molar-refractivity contribution in [2.45, 2.75) is 97.9 Å². The van der Waals surface area contributed by atoms with Crippen LogP contribution in [0.2, 0.25) is 0 Å². The highest BCUT2D eigenvalue weighted by molar-refractivity contribution is 7.38. The third-order valence-electron chi connectivity index (χ3n) is 6.68. The van der Waals surface area contributed by atoms with Crippen LogP contribution in [0.4, 0.5) is 5.69 Å². The van der Waals surface area contributed by atoms with E-state index in [0.717, 1.165) is 25.7 Å². The van der Waals surface area contributed by atoms with Crippen molar-refractivity contribution in [3.8, 4) is 0 Å². The van der Waals surface area contributed by atoms with Gasteiger partial charge < -0.3 is 14.4 Å². The predicted molar refractivity (Wildman–Crippen MR) is 145 cm³/mol. The van der Waals surface area contributed by atoms with Crippen molar-refractivity contribution >= 4 is 31.1 Å². The van der Waals surface area contributed by atoms with E-state index in [4.69, 9.17) is 14.3 Å². The number of non-ortho nitro benzene ring substituents is 1. The summed E-state index contributed by atoms with van der Waals surface area (Å²) in [4.78, 5) is 41.9. The number of hydrogen-bond acceptors (Lipinski definition) is 7. The van der Waals surface area contributed by atoms with Crippen molar-refractivity contribution in [3.05, 3.63) is 51.2 Å². The summed E-state index contributed by atoms with van der Waals surface area (Å²) in [6.07, 6.45) is 4.25. The average molecular weight is 536 g/mol. The normalized spacial score (nSPS) is 20.7. The Morgan fingerprint density at radius 3 is 2.27 bits per heavy atom. The highest BCUT2D eigenvalue weighted by atomic mass is 31.1. The highest BCUT2D eigenvalue weighted by Gasteiger charge is 2.57. The number of carbonyl (C=O) groups excluding carboxylic acids is 1. The largest absolute Gasteiger partial charge is 0.465 e. The molecule has 0 amide bonds. The molecule has 1 N–H and O–H groups in total. The second-order valence-electron chi connectivity index (χ2n) is 9.13. The number of allylic oxidation sites excluding steroid dienone is 1. The monoisotopic (exact) mass is 535 g/mol. The molecule has 0 aliphatic carbocycles. The first kappa shape index (κ1) is 30.6. The van der Waals surface area contributed by atoms with Gasteiger partial charge in [0.15, 0.2) is 11.7 Å². The van der Waals surface area contributed by atoms with Gasteiger partial charge in [0, 0.05) is 36.3 Å². The van der Waals surface area contributed by atoms with Crippen LogP contribution in [0.5, 0.6) is 0 Å². The second-order valence-corrected chi connectivity index (χ2v) is 9.78. The lowest BCUT2D eigenvalue weighted by atomic mass is 9.78. The van der Waals surface area contributed by atoms with Crippen LogP contribution >= 0.6 is 8.43 Å². The first-order valence-electron chi connectivity index (χ1n) is 12.9. The average Bonchev–Trinajstić information content (AvgIpc) is 2.89. The molecule has 1 aliphatic heterocycles. The summed E-state index contributed by atoms with van der Waals surface area (Å²) in [6, 6.07) is 6.03. The molecule has 0 saturated carbocycles. The summed E-state index contributed by atoms with van der Waals surface area (Å²) in [5.74, 6) is -0.666. The molecule has 10 heteroatoms. The number of nitrogens with zero attached hydrogens (tertiary/aromatic N) is 2. The summed E-state index contributed by atoms with van der Waals surface area (Å²) in [5, 5.41) is 12.1. The first-order chi connectivity index (χ1) is 17.7. The van der Waals surface area contributed by atoms with Crippen LogP contribution in [0.25, 0.3) is 0 Å². The maximum Gasteiger partial charge on any atom is 0.344 e. The molecule has 1 heterocycles. The molecule has 2 rings (SSSR count). The van der Waals surface area contributed by atoms with Gasteiger partial charge in [-0.05, 0) is 25.7 Å². The van der Waals surface area contributed by atoms with Crippen molar-refractivity contribution in [2.24, 2.45) is 0 Å². The number of esters is 1. The van der Waals surface area contributed by atoms with Crippen LogP contribution in [-0.2, 0) is 24.7 Å². The third kappa shape index (κ3) is 6.28. The van der Waals surface area contributed by atoms with Crippen LogP contribution in [0.1, 0.15) is 85.6 Å². The van der Waals surface area contributed by atoms with Gasteiger partial charge in [0.1, 0.15) is 10.9 Å². The maximum absolute atomic E-state index is 13.5. The lowest BCUT2D eigenvalue weighted by Gasteiger charge is -2.40. The van der Waals surface area contributed by atoms with E-state index in [2.05, 4.69) is 6.92 Å². The number of nitro benzene ring substituents is 1. The van der Waals surface area contributed by atoms with E-state index >= 15 is 0 Å². The number of ether oxygens (including phenoxy) is 2. The van der Waals surface area contributed by atoms with E-state index in [1.807, 2.05) is 20.8 Å². The molecular formula is C27H40N2O7P+. The SMILES string of the molecule is CCCC(CC)O[N+]1=C(C)C(=PO)C(OC(CC)CCC)(c2cccc([N+](=O)[O-])c2)C(C(=O)OC)=C1C. The van der Waals surface area contributed by atoms with Gasteiger partial charge in [-0.25, -0.2) is 4.79 Å². The number of hydroxylamine groups is 1. The molecule has 0 bridgehead atoms. The van der Waals surface area contributed by atoms with Gasteiger partial charge in [-0.15, -0.1) is 0 Å². The molecule has 3 unspecified atom stereocenters. The fourth-order valence-corrected chi connectivity index (χ4v) is 5.46. The zero-order valence-electron chi connectivity index (χ0n) is 22.9. The molecule has 0 aromatic heterocycles. The summed E-state index contributed by atoms with van der Waals surface area (Å²) in [5.41, 5.74) is -0.270. The van der Waals surface area contributed by atoms with Crippen LogP contribution < -0.4 is 0 Å². The minimum atomic E-state index is -1.62. The molecule has 1 aliphatic rings. The van der Waals surface area contributed by atoms with Crippen LogP contribution in [0.15, 0.2) is 35.5 Å². The summed E-state index contributed by atoms with van der Waals surface area (Å²) < 4.78 is 13.6. The highest BCUT2D eigenvalue weighted by Crippen LogP contribution is 2.45. The standard InChI is InChI=1S/C27H39N2O7P/c1-8-13-22(10-3)35-27(20-15-12-16-21(17-20)29(31)32)24(26(30)34-7)18(5)28(19(6)25(27)37-33)36-23(11-4)14-9-2/h12,15-17,22-23H,8-11,13-14H2,1-7H3/p+1. The maximum atomic E-state index is 13.5. The van der Waals surface area contributed by atoms with E-state index < -0.39 is 16.5 Å². The van der Waals surface area contributed by atoms with E-state index in [1.54, 1.807) is 30.7 Å². The fraction of sp³-hybridized carbons (Fsp3) is 0.593.